The third-order valence-corrected chi connectivity index (χ3v) is 8.57. The summed E-state index contributed by atoms with van der Waals surface area (Å²) in [6, 6.07) is 6.28. The lowest BCUT2D eigenvalue weighted by Gasteiger charge is -2.31. The van der Waals surface area contributed by atoms with E-state index < -0.39 is 38.8 Å². The third kappa shape index (κ3) is 6.39. The van der Waals surface area contributed by atoms with Crippen molar-refractivity contribution < 1.29 is 31.2 Å². The van der Waals surface area contributed by atoms with E-state index >= 15 is 0 Å². The molecule has 1 aliphatic carbocycles. The van der Waals surface area contributed by atoms with Crippen LogP contribution in [-0.4, -0.2) is 49.5 Å². The fraction of sp³-hybridized carbons (Fsp3) is 0.500. The van der Waals surface area contributed by atoms with Crippen molar-refractivity contribution in [3.63, 3.8) is 0 Å². The highest BCUT2D eigenvalue weighted by Crippen LogP contribution is 2.34. The molecule has 0 atom stereocenters. The molecule has 2 aliphatic rings. The van der Waals surface area contributed by atoms with Crippen molar-refractivity contribution in [2.75, 3.05) is 19.7 Å². The topological polar surface area (TPSA) is 68.2 Å². The summed E-state index contributed by atoms with van der Waals surface area (Å²) in [6.45, 7) is 6.34. The third-order valence-electron chi connectivity index (χ3n) is 6.17. The lowest BCUT2D eigenvalue weighted by molar-refractivity contribution is 0.00199. The summed E-state index contributed by atoms with van der Waals surface area (Å²) in [5.41, 5.74) is 0.0414. The number of piperidine rings is 1. The number of oxime groups is 1. The SMILES string of the molecule is CC(C)(C)O/N=C/c1ccc(-c2cc(F)c(OCC3CCN(S(=O)(=O)C4CC4)CC3)c(F)c2)c(F)c1. The Bertz CT molecular complexity index is 1210. The predicted molar refractivity (Wildman–Crippen MR) is 132 cm³/mol. The van der Waals surface area contributed by atoms with Gasteiger partial charge in [0.05, 0.1) is 18.1 Å². The van der Waals surface area contributed by atoms with Crippen molar-refractivity contribution in [3.8, 4) is 16.9 Å². The van der Waals surface area contributed by atoms with Crippen LogP contribution in [-0.2, 0) is 14.9 Å². The number of halogens is 3. The predicted octanol–water partition coefficient (Wildman–Crippen LogP) is 5.50. The van der Waals surface area contributed by atoms with E-state index in [1.54, 1.807) is 6.07 Å². The molecular formula is C26H31F3N2O4S. The number of hydrogen-bond acceptors (Lipinski definition) is 5. The first-order valence-corrected chi connectivity index (χ1v) is 13.6. The smallest absolute Gasteiger partial charge is 0.216 e. The molecule has 0 amide bonds. The highest BCUT2D eigenvalue weighted by molar-refractivity contribution is 7.90. The molecule has 1 saturated heterocycles. The number of rotatable bonds is 8. The lowest BCUT2D eigenvalue weighted by atomic mass is 9.99. The summed E-state index contributed by atoms with van der Waals surface area (Å²) in [7, 11) is -3.21. The van der Waals surface area contributed by atoms with Gasteiger partial charge < -0.3 is 9.57 Å². The van der Waals surface area contributed by atoms with Gasteiger partial charge in [0.25, 0.3) is 0 Å². The molecule has 1 heterocycles. The van der Waals surface area contributed by atoms with Gasteiger partial charge in [-0.05, 0) is 81.7 Å². The second-order valence-electron chi connectivity index (χ2n) is 10.3. The van der Waals surface area contributed by atoms with Crippen molar-refractivity contribution in [2.45, 2.75) is 57.3 Å². The van der Waals surface area contributed by atoms with Gasteiger partial charge in [-0.3, -0.25) is 0 Å². The summed E-state index contributed by atoms with van der Waals surface area (Å²) < 4.78 is 75.9. The van der Waals surface area contributed by atoms with E-state index in [9.17, 15) is 21.6 Å². The Morgan fingerprint density at radius 3 is 2.19 bits per heavy atom. The van der Waals surface area contributed by atoms with Gasteiger partial charge in [0.2, 0.25) is 10.0 Å². The molecule has 0 aromatic heterocycles. The lowest BCUT2D eigenvalue weighted by Crippen LogP contribution is -2.41. The van der Waals surface area contributed by atoms with Gasteiger partial charge in [-0.25, -0.2) is 25.9 Å². The molecule has 4 rings (SSSR count). The van der Waals surface area contributed by atoms with E-state index in [0.29, 0.717) is 44.3 Å². The minimum absolute atomic E-state index is 0.0111. The molecule has 10 heteroatoms. The molecule has 196 valence electrons. The Morgan fingerprint density at radius 1 is 1.00 bits per heavy atom. The summed E-state index contributed by atoms with van der Waals surface area (Å²) in [4.78, 5) is 5.24. The Labute approximate surface area is 210 Å². The molecule has 36 heavy (non-hydrogen) atoms. The van der Waals surface area contributed by atoms with Gasteiger partial charge in [-0.1, -0.05) is 17.3 Å². The van der Waals surface area contributed by atoms with Gasteiger partial charge in [0, 0.05) is 18.7 Å². The van der Waals surface area contributed by atoms with Crippen LogP contribution < -0.4 is 4.74 Å². The molecule has 0 unspecified atom stereocenters. The van der Waals surface area contributed by atoms with Crippen LogP contribution in [0.25, 0.3) is 11.1 Å². The molecule has 2 fully saturated rings. The maximum absolute atomic E-state index is 14.7. The van der Waals surface area contributed by atoms with E-state index in [-0.39, 0.29) is 28.9 Å². The van der Waals surface area contributed by atoms with Gasteiger partial charge in [-0.15, -0.1) is 0 Å². The quantitative estimate of drug-likeness (QED) is 0.338. The van der Waals surface area contributed by atoms with Crippen molar-refractivity contribution in [1.82, 2.24) is 4.31 Å². The van der Waals surface area contributed by atoms with E-state index in [1.165, 1.54) is 22.7 Å². The molecule has 1 saturated carbocycles. The summed E-state index contributed by atoms with van der Waals surface area (Å²) in [5, 5.41) is 3.57. The highest BCUT2D eigenvalue weighted by atomic mass is 32.2. The number of nitrogens with zero attached hydrogens (tertiary/aromatic N) is 2. The minimum Gasteiger partial charge on any atom is -0.487 e. The fourth-order valence-corrected chi connectivity index (χ4v) is 5.93. The molecule has 0 radical (unpaired) electrons. The normalized spacial score (nSPS) is 18.1. The van der Waals surface area contributed by atoms with Crippen LogP contribution in [0.2, 0.25) is 0 Å². The molecule has 0 bridgehead atoms. The van der Waals surface area contributed by atoms with Gasteiger partial charge in [0.1, 0.15) is 11.4 Å². The molecule has 1 aliphatic heterocycles. The average molecular weight is 525 g/mol. The zero-order valence-corrected chi connectivity index (χ0v) is 21.5. The molecule has 2 aromatic carbocycles. The second-order valence-corrected chi connectivity index (χ2v) is 12.6. The van der Waals surface area contributed by atoms with Crippen LogP contribution in [0.15, 0.2) is 35.5 Å². The highest BCUT2D eigenvalue weighted by Gasteiger charge is 2.41. The average Bonchev–Trinajstić information content (AvgIpc) is 3.64. The van der Waals surface area contributed by atoms with Crippen molar-refractivity contribution in [1.29, 1.82) is 0 Å². The molecule has 2 aromatic rings. The van der Waals surface area contributed by atoms with Crippen molar-refractivity contribution in [2.24, 2.45) is 11.1 Å². The van der Waals surface area contributed by atoms with Crippen LogP contribution in [0.5, 0.6) is 5.75 Å². The van der Waals surface area contributed by atoms with Gasteiger partial charge in [-0.2, -0.15) is 0 Å². The van der Waals surface area contributed by atoms with Crippen LogP contribution >= 0.6 is 0 Å². The standard InChI is InChI=1S/C26H31F3N2O4S/c1-26(2,3)35-30-15-18-4-7-21(22(27)12-18)19-13-23(28)25(24(29)14-19)34-16-17-8-10-31(11-9-17)36(32,33)20-5-6-20/h4,7,12-15,17,20H,5-6,8-11,16H2,1-3H3/b30-15+. The maximum atomic E-state index is 14.7. The van der Waals surface area contributed by atoms with Gasteiger partial charge >= 0.3 is 0 Å². The first-order valence-electron chi connectivity index (χ1n) is 12.1. The Balaban J connectivity index is 1.38. The summed E-state index contributed by atoms with van der Waals surface area (Å²) in [6.07, 6.45) is 3.93. The van der Waals surface area contributed by atoms with Crippen LogP contribution in [0.4, 0.5) is 13.2 Å². The largest absolute Gasteiger partial charge is 0.487 e. The second kappa shape index (κ2) is 10.4. The Kier molecular flexibility index (Phi) is 7.66. The van der Waals surface area contributed by atoms with Crippen LogP contribution in [0.1, 0.15) is 52.0 Å². The number of hydrogen-bond donors (Lipinski definition) is 0. The Hall–Kier alpha value is -2.59. The monoisotopic (exact) mass is 524 g/mol. The minimum atomic E-state index is -3.21. The fourth-order valence-electron chi connectivity index (χ4n) is 4.05. The molecule has 0 spiro atoms. The number of ether oxygens (including phenoxy) is 1. The zero-order valence-electron chi connectivity index (χ0n) is 20.6. The van der Waals surface area contributed by atoms with E-state index in [4.69, 9.17) is 9.57 Å². The zero-order chi connectivity index (χ0) is 26.1. The van der Waals surface area contributed by atoms with Gasteiger partial charge in [0.15, 0.2) is 17.4 Å². The maximum Gasteiger partial charge on any atom is 0.216 e. The van der Waals surface area contributed by atoms with E-state index in [2.05, 4.69) is 5.16 Å². The van der Waals surface area contributed by atoms with E-state index in [1.807, 2.05) is 20.8 Å². The number of benzene rings is 2. The number of sulfonamides is 1. The summed E-state index contributed by atoms with van der Waals surface area (Å²) in [5.74, 6) is -3.04. The van der Waals surface area contributed by atoms with E-state index in [0.717, 1.165) is 12.1 Å². The van der Waals surface area contributed by atoms with Crippen molar-refractivity contribution >= 4 is 16.2 Å². The van der Waals surface area contributed by atoms with Crippen LogP contribution in [0, 0.1) is 23.4 Å². The van der Waals surface area contributed by atoms with Crippen molar-refractivity contribution in [3.05, 3.63) is 53.3 Å². The first-order chi connectivity index (χ1) is 16.9. The molecular weight excluding hydrogens is 493 g/mol. The Morgan fingerprint density at radius 2 is 1.64 bits per heavy atom. The van der Waals surface area contributed by atoms with Crippen LogP contribution in [0.3, 0.4) is 0 Å². The first kappa shape index (κ1) is 26.5. The summed E-state index contributed by atoms with van der Waals surface area (Å²) >= 11 is 0. The molecule has 0 N–H and O–H groups in total. The molecule has 6 nitrogen and oxygen atoms in total.